The lowest BCUT2D eigenvalue weighted by Gasteiger charge is -2.14. The summed E-state index contributed by atoms with van der Waals surface area (Å²) < 4.78 is 1.69. The van der Waals surface area contributed by atoms with Crippen molar-refractivity contribution >= 4 is 29.0 Å². The molecule has 0 unspecified atom stereocenters. The predicted molar refractivity (Wildman–Crippen MR) is 116 cm³/mol. The number of nitrogens with one attached hydrogen (secondary N) is 1. The number of nitro groups is 1. The quantitative estimate of drug-likeness (QED) is 0.261. The SMILES string of the molecule is O=C(CSc1nc(=O)n(Cc2cccnc2)c2c1CCC2)Nc1ccc([N+](=O)[O-])cc1. The molecule has 0 radical (unpaired) electrons. The van der Waals surface area contributed by atoms with Gasteiger partial charge in [-0.3, -0.25) is 24.5 Å². The Kier molecular flexibility index (Phi) is 6.08. The van der Waals surface area contributed by atoms with Gasteiger partial charge in [0.15, 0.2) is 0 Å². The van der Waals surface area contributed by atoms with Crippen LogP contribution in [0.2, 0.25) is 0 Å². The average molecular weight is 437 g/mol. The molecule has 31 heavy (non-hydrogen) atoms. The van der Waals surface area contributed by atoms with Crippen LogP contribution in [-0.4, -0.2) is 31.1 Å². The first kappa shape index (κ1) is 20.7. The fraction of sp³-hybridized carbons (Fsp3) is 0.238. The molecule has 4 rings (SSSR count). The molecule has 1 N–H and O–H groups in total. The number of anilines is 1. The lowest BCUT2D eigenvalue weighted by molar-refractivity contribution is -0.384. The third-order valence-electron chi connectivity index (χ3n) is 4.97. The van der Waals surface area contributed by atoms with Crippen LogP contribution < -0.4 is 11.0 Å². The van der Waals surface area contributed by atoms with Gasteiger partial charge in [-0.15, -0.1) is 0 Å². The molecule has 1 aromatic carbocycles. The highest BCUT2D eigenvalue weighted by atomic mass is 32.2. The first-order valence-electron chi connectivity index (χ1n) is 9.70. The summed E-state index contributed by atoms with van der Waals surface area (Å²) in [5.41, 5.74) is 3.03. The summed E-state index contributed by atoms with van der Waals surface area (Å²) in [6.07, 6.45) is 5.99. The Hall–Kier alpha value is -3.53. The molecule has 0 saturated carbocycles. The molecule has 1 aliphatic carbocycles. The summed E-state index contributed by atoms with van der Waals surface area (Å²) in [6.45, 7) is 0.424. The maximum atomic E-state index is 12.7. The van der Waals surface area contributed by atoms with E-state index >= 15 is 0 Å². The molecule has 0 fully saturated rings. The molecule has 0 atom stereocenters. The van der Waals surface area contributed by atoms with Crippen molar-refractivity contribution in [2.45, 2.75) is 30.8 Å². The zero-order valence-corrected chi connectivity index (χ0v) is 17.3. The number of carbonyl (C=O) groups excluding carboxylic acids is 1. The van der Waals surface area contributed by atoms with Crippen LogP contribution in [0, 0.1) is 10.1 Å². The van der Waals surface area contributed by atoms with Gasteiger partial charge in [-0.1, -0.05) is 17.8 Å². The number of aromatic nitrogens is 3. The summed E-state index contributed by atoms with van der Waals surface area (Å²) in [4.78, 5) is 43.6. The third-order valence-corrected chi connectivity index (χ3v) is 5.98. The summed E-state index contributed by atoms with van der Waals surface area (Å²) in [7, 11) is 0. The zero-order valence-electron chi connectivity index (χ0n) is 16.5. The van der Waals surface area contributed by atoms with Gasteiger partial charge in [0.1, 0.15) is 5.03 Å². The van der Waals surface area contributed by atoms with Crippen LogP contribution in [0.1, 0.15) is 23.2 Å². The number of carbonyl (C=O) groups is 1. The van der Waals surface area contributed by atoms with Crippen LogP contribution in [0.3, 0.4) is 0 Å². The van der Waals surface area contributed by atoms with E-state index in [1.807, 2.05) is 12.1 Å². The van der Waals surface area contributed by atoms with Crippen molar-refractivity contribution in [2.24, 2.45) is 0 Å². The Labute approximate surface area is 181 Å². The molecular formula is C21H19N5O4S. The van der Waals surface area contributed by atoms with Crippen molar-refractivity contribution in [2.75, 3.05) is 11.1 Å². The third kappa shape index (κ3) is 4.80. The number of amides is 1. The highest BCUT2D eigenvalue weighted by molar-refractivity contribution is 8.00. The average Bonchev–Trinajstić information content (AvgIpc) is 3.26. The smallest absolute Gasteiger partial charge is 0.325 e. The fourth-order valence-corrected chi connectivity index (χ4v) is 4.42. The molecule has 0 spiro atoms. The molecular weight excluding hydrogens is 418 g/mol. The van der Waals surface area contributed by atoms with Crippen LogP contribution >= 0.6 is 11.8 Å². The van der Waals surface area contributed by atoms with Gasteiger partial charge in [0.05, 0.1) is 17.2 Å². The van der Waals surface area contributed by atoms with Gasteiger partial charge in [-0.25, -0.2) is 4.79 Å². The van der Waals surface area contributed by atoms with Gasteiger partial charge in [0.2, 0.25) is 5.91 Å². The van der Waals surface area contributed by atoms with Crippen LogP contribution in [0.15, 0.2) is 58.6 Å². The molecule has 3 aromatic rings. The molecule has 0 saturated heterocycles. The largest absolute Gasteiger partial charge is 0.349 e. The summed E-state index contributed by atoms with van der Waals surface area (Å²) >= 11 is 1.23. The molecule has 0 aliphatic heterocycles. The topological polar surface area (TPSA) is 120 Å². The van der Waals surface area contributed by atoms with Crippen LogP contribution in [-0.2, 0) is 24.2 Å². The normalized spacial score (nSPS) is 12.4. The molecule has 10 heteroatoms. The molecule has 9 nitrogen and oxygen atoms in total. The molecule has 2 heterocycles. The summed E-state index contributed by atoms with van der Waals surface area (Å²) in [5.74, 6) is -0.186. The number of thioether (sulfide) groups is 1. The van der Waals surface area contributed by atoms with Crippen molar-refractivity contribution in [3.8, 4) is 0 Å². The van der Waals surface area contributed by atoms with E-state index in [2.05, 4.69) is 15.3 Å². The number of fused-ring (bicyclic) bond motifs is 1. The highest BCUT2D eigenvalue weighted by Gasteiger charge is 2.22. The molecule has 2 aromatic heterocycles. The minimum absolute atomic E-state index is 0.0426. The number of nitro benzene ring substituents is 1. The monoisotopic (exact) mass is 437 g/mol. The van der Waals surface area contributed by atoms with E-state index in [1.54, 1.807) is 17.0 Å². The Morgan fingerprint density at radius 2 is 2.03 bits per heavy atom. The molecule has 1 aliphatic rings. The zero-order chi connectivity index (χ0) is 21.8. The number of benzene rings is 1. The summed E-state index contributed by atoms with van der Waals surface area (Å²) in [6, 6.07) is 9.39. The second-order valence-electron chi connectivity index (χ2n) is 7.07. The number of non-ortho nitro benzene ring substituents is 1. The van der Waals surface area contributed by atoms with E-state index in [1.165, 1.54) is 36.0 Å². The van der Waals surface area contributed by atoms with E-state index in [-0.39, 0.29) is 23.0 Å². The van der Waals surface area contributed by atoms with E-state index in [0.29, 0.717) is 17.3 Å². The molecule has 1 amide bonds. The minimum atomic E-state index is -0.496. The number of hydrogen-bond donors (Lipinski definition) is 1. The van der Waals surface area contributed by atoms with Gasteiger partial charge < -0.3 is 5.32 Å². The predicted octanol–water partition coefficient (Wildman–Crippen LogP) is 2.81. The van der Waals surface area contributed by atoms with E-state index in [9.17, 15) is 19.7 Å². The number of nitrogens with zero attached hydrogens (tertiary/aromatic N) is 4. The van der Waals surface area contributed by atoms with Gasteiger partial charge in [-0.2, -0.15) is 4.98 Å². The molecule has 0 bridgehead atoms. The van der Waals surface area contributed by atoms with E-state index in [4.69, 9.17) is 0 Å². The second-order valence-corrected chi connectivity index (χ2v) is 8.03. The van der Waals surface area contributed by atoms with Gasteiger partial charge >= 0.3 is 5.69 Å². The number of hydrogen-bond acceptors (Lipinski definition) is 7. The second kappa shape index (κ2) is 9.09. The van der Waals surface area contributed by atoms with Crippen molar-refractivity contribution in [3.63, 3.8) is 0 Å². The molecule has 158 valence electrons. The van der Waals surface area contributed by atoms with Crippen LogP contribution in [0.5, 0.6) is 0 Å². The number of pyridine rings is 1. The highest BCUT2D eigenvalue weighted by Crippen LogP contribution is 2.29. The first-order valence-corrected chi connectivity index (χ1v) is 10.7. The number of rotatable bonds is 7. The Bertz CT molecular complexity index is 1180. The minimum Gasteiger partial charge on any atom is -0.325 e. The van der Waals surface area contributed by atoms with Crippen molar-refractivity contribution in [3.05, 3.63) is 86.2 Å². The van der Waals surface area contributed by atoms with Crippen molar-refractivity contribution in [1.82, 2.24) is 14.5 Å². The van der Waals surface area contributed by atoms with E-state index < -0.39 is 4.92 Å². The fourth-order valence-electron chi connectivity index (χ4n) is 3.54. The van der Waals surface area contributed by atoms with Crippen LogP contribution in [0.25, 0.3) is 0 Å². The maximum absolute atomic E-state index is 12.7. The lowest BCUT2D eigenvalue weighted by Crippen LogP contribution is -2.28. The van der Waals surface area contributed by atoms with Crippen LogP contribution in [0.4, 0.5) is 11.4 Å². The Balaban J connectivity index is 1.46. The maximum Gasteiger partial charge on any atom is 0.349 e. The van der Waals surface area contributed by atoms with Gasteiger partial charge in [-0.05, 0) is 43.0 Å². The van der Waals surface area contributed by atoms with Crippen molar-refractivity contribution < 1.29 is 9.72 Å². The lowest BCUT2D eigenvalue weighted by atomic mass is 10.2. The first-order chi connectivity index (χ1) is 15.0. The van der Waals surface area contributed by atoms with Crippen molar-refractivity contribution in [1.29, 1.82) is 0 Å². The van der Waals surface area contributed by atoms with Gasteiger partial charge in [0.25, 0.3) is 5.69 Å². The Morgan fingerprint density at radius 1 is 1.23 bits per heavy atom. The van der Waals surface area contributed by atoms with E-state index in [0.717, 1.165) is 36.1 Å². The summed E-state index contributed by atoms with van der Waals surface area (Å²) in [5, 5.41) is 14.0. The van der Waals surface area contributed by atoms with Gasteiger partial charge in [0, 0.05) is 41.5 Å². The Morgan fingerprint density at radius 3 is 2.74 bits per heavy atom. The standard InChI is InChI=1S/C21H19N5O4S/c27-19(23-15-6-8-16(9-7-15)26(29)30)13-31-20-17-4-1-5-18(17)25(21(28)24-20)12-14-3-2-10-22-11-14/h2-3,6-11H,1,4-5,12-13H2,(H,23,27).